The Hall–Kier alpha value is -1.85. The fourth-order valence-corrected chi connectivity index (χ4v) is 3.57. The van der Waals surface area contributed by atoms with E-state index >= 15 is 0 Å². The number of aromatic nitrogens is 3. The third-order valence-electron chi connectivity index (χ3n) is 4.54. The summed E-state index contributed by atoms with van der Waals surface area (Å²) in [5, 5.41) is 6.15. The van der Waals surface area contributed by atoms with Crippen molar-refractivity contribution in [3.63, 3.8) is 0 Å². The summed E-state index contributed by atoms with van der Waals surface area (Å²) in [4.78, 5) is 11.5. The maximum Gasteiger partial charge on any atom is 0.229 e. The van der Waals surface area contributed by atoms with Crippen LogP contribution < -0.4 is 4.90 Å². The van der Waals surface area contributed by atoms with Crippen LogP contribution in [0, 0.1) is 0 Å². The van der Waals surface area contributed by atoms with Crippen molar-refractivity contribution < 1.29 is 4.52 Å². The van der Waals surface area contributed by atoms with Crippen LogP contribution in [0.2, 0.25) is 10.0 Å². The topological polar surface area (TPSA) is 55.1 Å². The molecule has 0 aliphatic carbocycles. The minimum Gasteiger partial charge on any atom is -0.346 e. The number of nitrogens with zero attached hydrogens (tertiary/aromatic N) is 4. The first kappa shape index (κ1) is 16.6. The van der Waals surface area contributed by atoms with Gasteiger partial charge >= 0.3 is 0 Å². The monoisotopic (exact) mass is 376 g/mol. The van der Waals surface area contributed by atoms with Crippen molar-refractivity contribution in [2.75, 3.05) is 11.4 Å². The fourth-order valence-electron chi connectivity index (χ4n) is 3.21. The van der Waals surface area contributed by atoms with Crippen LogP contribution >= 0.6 is 23.2 Å². The van der Waals surface area contributed by atoms with Gasteiger partial charge in [-0.05, 0) is 31.0 Å². The summed E-state index contributed by atoms with van der Waals surface area (Å²) in [7, 11) is 0. The van der Waals surface area contributed by atoms with Crippen LogP contribution in [0.5, 0.6) is 0 Å². The molecular weight excluding hydrogens is 359 g/mol. The Labute approximate surface area is 155 Å². The smallest absolute Gasteiger partial charge is 0.229 e. The van der Waals surface area contributed by atoms with Gasteiger partial charge < -0.3 is 9.42 Å². The molecule has 3 heterocycles. The van der Waals surface area contributed by atoms with E-state index in [1.165, 1.54) is 0 Å². The SMILES string of the molecule is CC(C)c1nc(C2CCCN2c2ccc3ccc(Cl)c(Cl)c3n2)no1. The molecule has 4 rings (SSSR count). The number of anilines is 1. The van der Waals surface area contributed by atoms with Gasteiger partial charge in [0.05, 0.1) is 21.6 Å². The Morgan fingerprint density at radius 2 is 1.96 bits per heavy atom. The number of pyridine rings is 1. The number of benzene rings is 1. The highest BCUT2D eigenvalue weighted by Crippen LogP contribution is 2.37. The first-order valence-corrected chi connectivity index (χ1v) is 9.15. The van der Waals surface area contributed by atoms with Crippen LogP contribution in [-0.2, 0) is 0 Å². The Morgan fingerprint density at radius 3 is 2.72 bits per heavy atom. The van der Waals surface area contributed by atoms with Crippen LogP contribution in [0.25, 0.3) is 10.9 Å². The molecule has 1 saturated heterocycles. The maximum absolute atomic E-state index is 6.34. The summed E-state index contributed by atoms with van der Waals surface area (Å²) < 4.78 is 5.38. The number of hydrogen-bond acceptors (Lipinski definition) is 5. The van der Waals surface area contributed by atoms with Crippen LogP contribution in [0.4, 0.5) is 5.82 Å². The van der Waals surface area contributed by atoms with Crippen molar-refractivity contribution in [2.24, 2.45) is 0 Å². The van der Waals surface area contributed by atoms with Gasteiger partial charge in [0, 0.05) is 17.8 Å². The van der Waals surface area contributed by atoms with Crippen LogP contribution in [0.1, 0.15) is 50.4 Å². The molecule has 1 atom stereocenters. The third kappa shape index (κ3) is 2.96. The van der Waals surface area contributed by atoms with Gasteiger partial charge in [0.15, 0.2) is 5.82 Å². The largest absolute Gasteiger partial charge is 0.346 e. The van der Waals surface area contributed by atoms with Gasteiger partial charge in [-0.3, -0.25) is 0 Å². The van der Waals surface area contributed by atoms with Gasteiger partial charge in [0.2, 0.25) is 5.89 Å². The summed E-state index contributed by atoms with van der Waals surface area (Å²) in [6.45, 7) is 4.98. The zero-order chi connectivity index (χ0) is 17.6. The molecule has 0 N–H and O–H groups in total. The van der Waals surface area contributed by atoms with Gasteiger partial charge in [-0.15, -0.1) is 0 Å². The van der Waals surface area contributed by atoms with Crippen molar-refractivity contribution in [1.29, 1.82) is 0 Å². The number of rotatable bonds is 3. The van der Waals surface area contributed by atoms with E-state index in [1.807, 2.05) is 32.0 Å². The maximum atomic E-state index is 6.34. The van der Waals surface area contributed by atoms with Crippen LogP contribution in [0.15, 0.2) is 28.8 Å². The third-order valence-corrected chi connectivity index (χ3v) is 5.33. The van der Waals surface area contributed by atoms with Crippen LogP contribution in [-0.4, -0.2) is 21.7 Å². The molecule has 0 saturated carbocycles. The molecule has 130 valence electrons. The zero-order valence-corrected chi connectivity index (χ0v) is 15.6. The van der Waals surface area contributed by atoms with Gasteiger partial charge in [0.25, 0.3) is 0 Å². The van der Waals surface area contributed by atoms with Crippen molar-refractivity contribution >= 4 is 39.9 Å². The van der Waals surface area contributed by atoms with E-state index < -0.39 is 0 Å². The second-order valence-corrected chi connectivity index (χ2v) is 7.38. The Morgan fingerprint density at radius 1 is 1.16 bits per heavy atom. The van der Waals surface area contributed by atoms with E-state index in [0.29, 0.717) is 21.5 Å². The van der Waals surface area contributed by atoms with Gasteiger partial charge in [-0.25, -0.2) is 4.98 Å². The molecule has 1 aromatic carbocycles. The quantitative estimate of drug-likeness (QED) is 0.613. The van der Waals surface area contributed by atoms with Crippen LogP contribution in [0.3, 0.4) is 0 Å². The fraction of sp³-hybridized carbons (Fsp3) is 0.389. The highest BCUT2D eigenvalue weighted by molar-refractivity contribution is 6.45. The molecule has 5 nitrogen and oxygen atoms in total. The van der Waals surface area contributed by atoms with E-state index in [1.54, 1.807) is 6.07 Å². The van der Waals surface area contributed by atoms with E-state index in [9.17, 15) is 0 Å². The first-order valence-electron chi connectivity index (χ1n) is 8.39. The molecule has 0 amide bonds. The summed E-state index contributed by atoms with van der Waals surface area (Å²) in [5.41, 5.74) is 0.716. The van der Waals surface area contributed by atoms with E-state index in [0.717, 1.165) is 36.4 Å². The number of halogens is 2. The molecule has 1 aliphatic rings. The lowest BCUT2D eigenvalue weighted by Gasteiger charge is -2.23. The number of hydrogen-bond donors (Lipinski definition) is 0. The summed E-state index contributed by atoms with van der Waals surface area (Å²) in [6, 6.07) is 7.81. The van der Waals surface area contributed by atoms with Gasteiger partial charge in [-0.2, -0.15) is 4.98 Å². The molecular formula is C18H18Cl2N4O. The average molecular weight is 377 g/mol. The lowest BCUT2D eigenvalue weighted by Crippen LogP contribution is -2.24. The van der Waals surface area contributed by atoms with Crippen molar-refractivity contribution in [1.82, 2.24) is 15.1 Å². The van der Waals surface area contributed by atoms with Gasteiger partial charge in [-0.1, -0.05) is 48.3 Å². The van der Waals surface area contributed by atoms with Crippen molar-refractivity contribution in [3.05, 3.63) is 46.0 Å². The zero-order valence-electron chi connectivity index (χ0n) is 14.0. The average Bonchev–Trinajstić information content (AvgIpc) is 3.26. The molecule has 7 heteroatoms. The highest BCUT2D eigenvalue weighted by atomic mass is 35.5. The first-order chi connectivity index (χ1) is 12.0. The summed E-state index contributed by atoms with van der Waals surface area (Å²) >= 11 is 12.5. The van der Waals surface area contributed by atoms with E-state index in [-0.39, 0.29) is 12.0 Å². The molecule has 1 fully saturated rings. The van der Waals surface area contributed by atoms with Gasteiger partial charge in [0.1, 0.15) is 5.82 Å². The second-order valence-electron chi connectivity index (χ2n) is 6.60. The molecule has 0 radical (unpaired) electrons. The Bertz CT molecular complexity index is 925. The molecule has 1 aliphatic heterocycles. The highest BCUT2D eigenvalue weighted by Gasteiger charge is 2.31. The Balaban J connectivity index is 1.72. The predicted molar refractivity (Wildman–Crippen MR) is 99.5 cm³/mol. The second kappa shape index (κ2) is 6.46. The van der Waals surface area contributed by atoms with E-state index in [4.69, 9.17) is 32.7 Å². The lowest BCUT2D eigenvalue weighted by atomic mass is 10.2. The predicted octanol–water partition coefficient (Wildman–Crippen LogP) is 5.39. The van der Waals surface area contributed by atoms with E-state index in [2.05, 4.69) is 15.0 Å². The summed E-state index contributed by atoms with van der Waals surface area (Å²) in [5.74, 6) is 2.47. The molecule has 0 spiro atoms. The minimum atomic E-state index is 0.0687. The van der Waals surface area contributed by atoms with Crippen molar-refractivity contribution in [3.8, 4) is 0 Å². The molecule has 25 heavy (non-hydrogen) atoms. The standard InChI is InChI=1S/C18H18Cl2N4O/c1-10(2)18-22-17(23-25-18)13-4-3-9-24(13)14-8-6-11-5-7-12(19)15(20)16(11)21-14/h5-8,10,13H,3-4,9H2,1-2H3. The summed E-state index contributed by atoms with van der Waals surface area (Å²) in [6.07, 6.45) is 2.03. The lowest BCUT2D eigenvalue weighted by molar-refractivity contribution is 0.358. The molecule has 0 bridgehead atoms. The Kier molecular flexibility index (Phi) is 4.29. The molecule has 1 unspecified atom stereocenters. The molecule has 3 aromatic rings. The normalized spacial score (nSPS) is 17.8. The number of fused-ring (bicyclic) bond motifs is 1. The molecule has 2 aromatic heterocycles. The minimum absolute atomic E-state index is 0.0687. The van der Waals surface area contributed by atoms with Crippen molar-refractivity contribution in [2.45, 2.75) is 38.6 Å².